The smallest absolute Gasteiger partial charge is 0.255 e. The zero-order valence-electron chi connectivity index (χ0n) is 26.0. The first-order chi connectivity index (χ1) is 22.4. The molecule has 0 aliphatic carbocycles. The van der Waals surface area contributed by atoms with E-state index in [-0.39, 0.29) is 29.7 Å². The Balaban J connectivity index is 1.36. The van der Waals surface area contributed by atoms with E-state index in [1.807, 2.05) is 47.4 Å². The zero-order chi connectivity index (χ0) is 32.2. The lowest BCUT2D eigenvalue weighted by Crippen LogP contribution is -2.41. The minimum atomic E-state index is -0.394. The average molecular weight is 625 g/mol. The zero-order valence-corrected chi connectivity index (χ0v) is 26.0. The van der Waals surface area contributed by atoms with E-state index in [1.165, 1.54) is 12.1 Å². The van der Waals surface area contributed by atoms with Crippen molar-refractivity contribution in [1.29, 1.82) is 0 Å². The van der Waals surface area contributed by atoms with Crippen molar-refractivity contribution in [1.82, 2.24) is 10.2 Å². The van der Waals surface area contributed by atoms with Crippen LogP contribution in [-0.2, 0) is 17.6 Å². The maximum absolute atomic E-state index is 14.1. The van der Waals surface area contributed by atoms with Crippen LogP contribution < -0.4 is 29.0 Å². The molecule has 1 unspecified atom stereocenters. The van der Waals surface area contributed by atoms with Crippen LogP contribution in [0.5, 0.6) is 40.2 Å². The van der Waals surface area contributed by atoms with Gasteiger partial charge in [0, 0.05) is 13.1 Å². The number of carbonyl (C=O) groups excluding carboxylic acids is 2. The third-order valence-electron chi connectivity index (χ3n) is 8.26. The molecule has 0 spiro atoms. The fraction of sp³-hybridized carbons (Fsp3) is 0.278. The minimum Gasteiger partial charge on any atom is -0.507 e. The number of amides is 2. The van der Waals surface area contributed by atoms with Gasteiger partial charge < -0.3 is 39.0 Å². The summed E-state index contributed by atoms with van der Waals surface area (Å²) in [4.78, 5) is 28.8. The quantitative estimate of drug-likeness (QED) is 0.302. The third kappa shape index (κ3) is 6.24. The molecule has 5 aliphatic heterocycles. The Bertz CT molecular complexity index is 1730. The summed E-state index contributed by atoms with van der Waals surface area (Å²) in [6.45, 7) is 1.26. The summed E-state index contributed by atoms with van der Waals surface area (Å²) in [5.41, 5.74) is 3.87. The number of methoxy groups -OCH3 is 3. The lowest BCUT2D eigenvalue weighted by atomic mass is 9.87. The Morgan fingerprint density at radius 1 is 0.913 bits per heavy atom. The second-order valence-electron chi connectivity index (χ2n) is 11.1. The number of hydrogen-bond donors (Lipinski definition) is 2. The Labute approximate surface area is 267 Å². The molecule has 0 fully saturated rings. The summed E-state index contributed by atoms with van der Waals surface area (Å²) in [6.07, 6.45) is 1.33. The van der Waals surface area contributed by atoms with Crippen LogP contribution >= 0.6 is 0 Å². The Hall–Kier alpha value is -5.38. The molecule has 9 rings (SSSR count). The summed E-state index contributed by atoms with van der Waals surface area (Å²) in [6, 6.07) is 21.5. The molecule has 4 aromatic carbocycles. The number of rotatable bonds is 5. The SMILES string of the molecule is COc1cc(CC(=O)N2CCc3cc4ccc3C2c2ccc(cc2)OCCCNC(=O)c2cc(ccc2O)O4)cc(OC)c1OC. The molecule has 10 heteroatoms. The van der Waals surface area contributed by atoms with E-state index in [0.29, 0.717) is 67.0 Å². The Kier molecular flexibility index (Phi) is 8.87. The number of ether oxygens (including phenoxy) is 5. The first kappa shape index (κ1) is 30.6. The molecule has 2 amide bonds. The highest BCUT2D eigenvalue weighted by Crippen LogP contribution is 2.41. The Morgan fingerprint density at radius 3 is 2.33 bits per heavy atom. The van der Waals surface area contributed by atoms with Crippen LogP contribution in [0, 0.1) is 0 Å². The van der Waals surface area contributed by atoms with Gasteiger partial charge in [0.2, 0.25) is 11.7 Å². The molecular weight excluding hydrogens is 588 g/mol. The summed E-state index contributed by atoms with van der Waals surface area (Å²) in [5.74, 6) is 2.59. The normalized spacial score (nSPS) is 15.8. The van der Waals surface area contributed by atoms with Gasteiger partial charge in [0.25, 0.3) is 5.91 Å². The van der Waals surface area contributed by atoms with Crippen LogP contribution in [0.4, 0.5) is 0 Å². The molecule has 5 aliphatic rings. The van der Waals surface area contributed by atoms with E-state index in [0.717, 1.165) is 22.3 Å². The number of aromatic hydroxyl groups is 1. The predicted octanol–water partition coefficient (Wildman–Crippen LogP) is 5.44. The molecule has 8 bridgehead atoms. The topological polar surface area (TPSA) is 116 Å². The largest absolute Gasteiger partial charge is 0.507 e. The Morgan fingerprint density at radius 2 is 1.61 bits per heavy atom. The van der Waals surface area contributed by atoms with Crippen molar-refractivity contribution in [3.63, 3.8) is 0 Å². The maximum atomic E-state index is 14.1. The van der Waals surface area contributed by atoms with Gasteiger partial charge in [-0.3, -0.25) is 9.59 Å². The summed E-state index contributed by atoms with van der Waals surface area (Å²) >= 11 is 0. The first-order valence-corrected chi connectivity index (χ1v) is 15.1. The number of phenols is 1. The summed E-state index contributed by atoms with van der Waals surface area (Å²) in [7, 11) is 4.65. The van der Waals surface area contributed by atoms with Gasteiger partial charge in [-0.2, -0.15) is 0 Å². The fourth-order valence-electron chi connectivity index (χ4n) is 6.01. The first-order valence-electron chi connectivity index (χ1n) is 15.1. The molecule has 2 N–H and O–H groups in total. The van der Waals surface area contributed by atoms with Gasteiger partial charge in [0.05, 0.1) is 46.0 Å². The monoisotopic (exact) mass is 624 g/mol. The number of nitrogens with one attached hydrogen (secondary N) is 1. The number of benzene rings is 4. The molecule has 0 saturated carbocycles. The number of carbonyl (C=O) groups is 2. The standard InChI is InChI=1S/C36H36N2O8/c1-42-31-17-22(18-32(43-2)35(31)44-3)19-33(40)38-15-13-24-20-26-9-11-28(24)34(38)23-5-7-25(8-6-23)45-16-4-14-37-36(41)29-21-27(46-26)10-12-30(29)39/h5-12,17-18,20-21,34,39H,4,13-16,19H2,1-3H3,(H,37,41). The fourth-order valence-corrected chi connectivity index (χ4v) is 6.01. The lowest BCUT2D eigenvalue weighted by Gasteiger charge is -2.38. The average Bonchev–Trinajstić information content (AvgIpc) is 3.07. The van der Waals surface area contributed by atoms with Crippen molar-refractivity contribution in [3.05, 3.63) is 101 Å². The molecule has 0 radical (unpaired) electrons. The summed E-state index contributed by atoms with van der Waals surface area (Å²) < 4.78 is 28.6. The van der Waals surface area contributed by atoms with E-state index in [1.54, 1.807) is 39.5 Å². The van der Waals surface area contributed by atoms with Crippen LogP contribution in [0.25, 0.3) is 0 Å². The summed E-state index contributed by atoms with van der Waals surface area (Å²) in [5, 5.41) is 13.2. The van der Waals surface area contributed by atoms with Crippen molar-refractivity contribution in [2.45, 2.75) is 25.3 Å². The lowest BCUT2D eigenvalue weighted by molar-refractivity contribution is -0.132. The van der Waals surface area contributed by atoms with Crippen molar-refractivity contribution in [3.8, 4) is 40.2 Å². The van der Waals surface area contributed by atoms with Gasteiger partial charge in [-0.1, -0.05) is 18.2 Å². The van der Waals surface area contributed by atoms with E-state index in [4.69, 9.17) is 23.7 Å². The number of nitrogens with zero attached hydrogens (tertiary/aromatic N) is 1. The van der Waals surface area contributed by atoms with E-state index in [9.17, 15) is 14.7 Å². The van der Waals surface area contributed by atoms with E-state index >= 15 is 0 Å². The minimum absolute atomic E-state index is 0.0437. The highest BCUT2D eigenvalue weighted by Gasteiger charge is 2.33. The maximum Gasteiger partial charge on any atom is 0.255 e. The van der Waals surface area contributed by atoms with Crippen molar-refractivity contribution >= 4 is 11.8 Å². The molecule has 4 aromatic rings. The highest BCUT2D eigenvalue weighted by atomic mass is 16.5. The molecule has 0 aromatic heterocycles. The molecular formula is C36H36N2O8. The second-order valence-corrected chi connectivity index (χ2v) is 11.1. The van der Waals surface area contributed by atoms with Gasteiger partial charge in [0.1, 0.15) is 23.0 Å². The number of hydrogen-bond acceptors (Lipinski definition) is 8. The van der Waals surface area contributed by atoms with Crippen LogP contribution in [0.15, 0.2) is 72.8 Å². The van der Waals surface area contributed by atoms with Gasteiger partial charge in [-0.05, 0) is 89.7 Å². The van der Waals surface area contributed by atoms with Gasteiger partial charge >= 0.3 is 0 Å². The predicted molar refractivity (Wildman–Crippen MR) is 171 cm³/mol. The van der Waals surface area contributed by atoms with Crippen LogP contribution in [0.2, 0.25) is 0 Å². The van der Waals surface area contributed by atoms with Crippen molar-refractivity contribution < 1.29 is 38.4 Å². The van der Waals surface area contributed by atoms with Crippen molar-refractivity contribution in [2.75, 3.05) is 41.0 Å². The van der Waals surface area contributed by atoms with Crippen LogP contribution in [0.3, 0.4) is 0 Å². The van der Waals surface area contributed by atoms with Gasteiger partial charge in [-0.15, -0.1) is 0 Å². The van der Waals surface area contributed by atoms with Crippen LogP contribution in [0.1, 0.15) is 45.1 Å². The highest BCUT2D eigenvalue weighted by molar-refractivity contribution is 5.97. The second kappa shape index (κ2) is 13.3. The van der Waals surface area contributed by atoms with Crippen molar-refractivity contribution in [2.24, 2.45) is 0 Å². The molecule has 10 nitrogen and oxygen atoms in total. The molecule has 238 valence electrons. The van der Waals surface area contributed by atoms with Crippen LogP contribution in [-0.4, -0.2) is 62.8 Å². The van der Waals surface area contributed by atoms with Gasteiger partial charge in [0.15, 0.2) is 11.5 Å². The number of phenolic OH excluding ortho intramolecular Hbond substituents is 1. The molecule has 46 heavy (non-hydrogen) atoms. The molecule has 1 atom stereocenters. The van der Waals surface area contributed by atoms with E-state index < -0.39 is 5.91 Å². The third-order valence-corrected chi connectivity index (χ3v) is 8.26. The van der Waals surface area contributed by atoms with Gasteiger partial charge in [-0.25, -0.2) is 0 Å². The molecule has 5 heterocycles. The molecule has 0 saturated heterocycles. The van der Waals surface area contributed by atoms with E-state index in [2.05, 4.69) is 5.32 Å².